The molecule has 4 rings (SSSR count). The third-order valence-electron chi connectivity index (χ3n) is 5.07. The molecule has 2 aromatic rings. The second-order valence-corrected chi connectivity index (χ2v) is 6.85. The number of carbonyl (C=O) groups excluding carboxylic acids is 2. The number of aliphatic imine (C=N–C) groups is 1. The normalized spacial score (nSPS) is 18.3. The Kier molecular flexibility index (Phi) is 4.47. The van der Waals surface area contributed by atoms with Crippen molar-refractivity contribution in [3.8, 4) is 0 Å². The molecule has 7 nitrogen and oxygen atoms in total. The van der Waals surface area contributed by atoms with Gasteiger partial charge in [0.25, 0.3) is 11.8 Å². The van der Waals surface area contributed by atoms with Crippen LogP contribution in [-0.4, -0.2) is 51.2 Å². The molecular formula is C19H20FN5O2. The molecule has 0 spiro atoms. The van der Waals surface area contributed by atoms with E-state index in [2.05, 4.69) is 9.98 Å². The average molecular weight is 369 g/mol. The zero-order valence-electron chi connectivity index (χ0n) is 14.8. The number of fused-ring (bicyclic) bond motifs is 1. The van der Waals surface area contributed by atoms with Gasteiger partial charge >= 0.3 is 0 Å². The van der Waals surface area contributed by atoms with Crippen molar-refractivity contribution in [1.82, 2.24) is 14.5 Å². The maximum Gasteiger partial charge on any atom is 0.263 e. The molecule has 140 valence electrons. The lowest BCUT2D eigenvalue weighted by molar-refractivity contribution is -0.112. The Balaban J connectivity index is 1.59. The molecule has 0 saturated carbocycles. The highest BCUT2D eigenvalue weighted by molar-refractivity contribution is 6.38. The van der Waals surface area contributed by atoms with Crippen LogP contribution in [0.15, 0.2) is 35.7 Å². The van der Waals surface area contributed by atoms with Gasteiger partial charge in [-0.1, -0.05) is 0 Å². The zero-order valence-corrected chi connectivity index (χ0v) is 14.8. The molecule has 1 fully saturated rings. The predicted molar refractivity (Wildman–Crippen MR) is 99.9 cm³/mol. The van der Waals surface area contributed by atoms with Crippen molar-refractivity contribution < 1.29 is 14.0 Å². The van der Waals surface area contributed by atoms with Crippen LogP contribution < -0.4 is 5.73 Å². The summed E-state index contributed by atoms with van der Waals surface area (Å²) in [5.41, 5.74) is 7.76. The van der Waals surface area contributed by atoms with Gasteiger partial charge in [-0.25, -0.2) is 9.37 Å². The van der Waals surface area contributed by atoms with E-state index >= 15 is 0 Å². The summed E-state index contributed by atoms with van der Waals surface area (Å²) in [4.78, 5) is 34.1. The Bertz CT molecular complexity index is 970. The monoisotopic (exact) mass is 369 g/mol. The SMILES string of the molecule is NC(=O)C1=NC=C(n2ccc3cc(C(=O)N4CCC(F)CC4)cnc32)CC1. The molecule has 0 unspecified atom stereocenters. The Morgan fingerprint density at radius 2 is 2.00 bits per heavy atom. The van der Waals surface area contributed by atoms with Crippen LogP contribution in [0.3, 0.4) is 0 Å². The molecule has 0 bridgehead atoms. The summed E-state index contributed by atoms with van der Waals surface area (Å²) in [6.45, 7) is 0.873. The number of primary amides is 1. The fraction of sp³-hybridized carbons (Fsp3) is 0.368. The molecule has 0 radical (unpaired) electrons. The second-order valence-electron chi connectivity index (χ2n) is 6.85. The van der Waals surface area contributed by atoms with Crippen LogP contribution >= 0.6 is 0 Å². The van der Waals surface area contributed by atoms with Crippen molar-refractivity contribution in [3.05, 3.63) is 36.3 Å². The minimum atomic E-state index is -0.815. The smallest absolute Gasteiger partial charge is 0.263 e. The van der Waals surface area contributed by atoms with E-state index in [1.165, 1.54) is 0 Å². The van der Waals surface area contributed by atoms with Crippen molar-refractivity contribution in [2.45, 2.75) is 31.9 Å². The molecule has 2 aliphatic rings. The number of carbonyl (C=O) groups is 2. The summed E-state index contributed by atoms with van der Waals surface area (Å²) < 4.78 is 15.2. The number of likely N-dealkylation sites (tertiary alicyclic amines) is 1. The highest BCUT2D eigenvalue weighted by Crippen LogP contribution is 2.25. The standard InChI is InChI=1S/C19H20FN5O2/c20-14-4-6-24(7-5-14)19(27)13-9-12-3-8-25(18(12)23-10-13)15-1-2-16(17(21)26)22-11-15/h3,8-11,14H,1-2,4-7H2,(H2,21,26). The van der Waals surface area contributed by atoms with E-state index in [-0.39, 0.29) is 5.91 Å². The Hall–Kier alpha value is -3.03. The molecule has 0 aromatic carbocycles. The maximum atomic E-state index is 13.3. The van der Waals surface area contributed by atoms with Crippen LogP contribution in [0, 0.1) is 0 Å². The molecule has 27 heavy (non-hydrogen) atoms. The first-order valence-corrected chi connectivity index (χ1v) is 8.99. The number of allylic oxidation sites excluding steroid dienone is 1. The number of halogens is 1. The number of amides is 2. The predicted octanol–water partition coefficient (Wildman–Crippen LogP) is 2.13. The molecular weight excluding hydrogens is 349 g/mol. The summed E-state index contributed by atoms with van der Waals surface area (Å²) in [5.74, 6) is -0.614. The summed E-state index contributed by atoms with van der Waals surface area (Å²) >= 11 is 0. The maximum absolute atomic E-state index is 13.3. The van der Waals surface area contributed by atoms with E-state index in [9.17, 15) is 14.0 Å². The van der Waals surface area contributed by atoms with Gasteiger partial charge in [-0.2, -0.15) is 0 Å². The number of nitrogens with zero attached hydrogens (tertiary/aromatic N) is 4. The van der Waals surface area contributed by atoms with E-state index < -0.39 is 12.1 Å². The first kappa shape index (κ1) is 17.4. The van der Waals surface area contributed by atoms with Crippen molar-refractivity contribution in [1.29, 1.82) is 0 Å². The topological polar surface area (TPSA) is 93.6 Å². The quantitative estimate of drug-likeness (QED) is 0.898. The number of piperidine rings is 1. The fourth-order valence-corrected chi connectivity index (χ4v) is 3.50. The van der Waals surface area contributed by atoms with Gasteiger partial charge in [0.15, 0.2) is 0 Å². The van der Waals surface area contributed by atoms with E-state index in [1.54, 1.807) is 17.3 Å². The molecule has 0 aliphatic carbocycles. The van der Waals surface area contributed by atoms with E-state index in [4.69, 9.17) is 5.73 Å². The summed E-state index contributed by atoms with van der Waals surface area (Å²) in [6.07, 6.45) is 6.14. The van der Waals surface area contributed by atoms with Gasteiger partial charge in [0.2, 0.25) is 0 Å². The average Bonchev–Trinajstić information content (AvgIpc) is 3.11. The van der Waals surface area contributed by atoms with Gasteiger partial charge in [0.1, 0.15) is 17.5 Å². The second kappa shape index (κ2) is 6.94. The van der Waals surface area contributed by atoms with Crippen molar-refractivity contribution >= 4 is 34.3 Å². The van der Waals surface area contributed by atoms with Crippen LogP contribution in [0.1, 0.15) is 36.0 Å². The molecule has 2 aromatic heterocycles. The van der Waals surface area contributed by atoms with Gasteiger partial charge in [0.05, 0.1) is 5.56 Å². The summed E-state index contributed by atoms with van der Waals surface area (Å²) in [7, 11) is 0. The van der Waals surface area contributed by atoms with Crippen LogP contribution in [-0.2, 0) is 4.79 Å². The zero-order chi connectivity index (χ0) is 19.0. The molecule has 2 aliphatic heterocycles. The lowest BCUT2D eigenvalue weighted by Crippen LogP contribution is -2.39. The van der Waals surface area contributed by atoms with Gasteiger partial charge in [-0.05, 0) is 31.4 Å². The van der Waals surface area contributed by atoms with Gasteiger partial charge < -0.3 is 15.2 Å². The highest BCUT2D eigenvalue weighted by atomic mass is 19.1. The summed E-state index contributed by atoms with van der Waals surface area (Å²) in [5, 5.41) is 0.840. The summed E-state index contributed by atoms with van der Waals surface area (Å²) in [6, 6.07) is 3.70. The number of hydrogen-bond donors (Lipinski definition) is 1. The minimum Gasteiger partial charge on any atom is -0.365 e. The highest BCUT2D eigenvalue weighted by Gasteiger charge is 2.24. The molecule has 2 N–H and O–H groups in total. The number of alkyl halides is 1. The number of pyridine rings is 1. The van der Waals surface area contributed by atoms with Gasteiger partial charge in [0, 0.05) is 49.2 Å². The molecule has 4 heterocycles. The van der Waals surface area contributed by atoms with Gasteiger partial charge in [-0.15, -0.1) is 0 Å². The first-order chi connectivity index (χ1) is 13.0. The lowest BCUT2D eigenvalue weighted by Gasteiger charge is -2.28. The Morgan fingerprint density at radius 3 is 2.67 bits per heavy atom. The van der Waals surface area contributed by atoms with Crippen LogP contribution in [0.2, 0.25) is 0 Å². The molecule has 2 amide bonds. The van der Waals surface area contributed by atoms with Gasteiger partial charge in [-0.3, -0.25) is 14.6 Å². The largest absolute Gasteiger partial charge is 0.365 e. The van der Waals surface area contributed by atoms with Crippen molar-refractivity contribution in [3.63, 3.8) is 0 Å². The van der Waals surface area contributed by atoms with Crippen molar-refractivity contribution in [2.24, 2.45) is 10.7 Å². The number of nitrogens with two attached hydrogens (primary N) is 1. The van der Waals surface area contributed by atoms with Crippen LogP contribution in [0.5, 0.6) is 0 Å². The first-order valence-electron chi connectivity index (χ1n) is 8.99. The number of hydrogen-bond acceptors (Lipinski definition) is 4. The third kappa shape index (κ3) is 3.34. The van der Waals surface area contributed by atoms with E-state index in [1.807, 2.05) is 22.9 Å². The van der Waals surface area contributed by atoms with Crippen molar-refractivity contribution in [2.75, 3.05) is 13.1 Å². The number of aromatic nitrogens is 2. The van der Waals surface area contributed by atoms with Crippen LogP contribution in [0.4, 0.5) is 4.39 Å². The Labute approximate surface area is 155 Å². The fourth-order valence-electron chi connectivity index (χ4n) is 3.50. The lowest BCUT2D eigenvalue weighted by atomic mass is 10.1. The third-order valence-corrected chi connectivity index (χ3v) is 5.07. The molecule has 0 atom stereocenters. The minimum absolute atomic E-state index is 0.114. The number of rotatable bonds is 3. The van der Waals surface area contributed by atoms with E-state index in [0.717, 1.165) is 16.7 Å². The molecule has 8 heteroatoms. The Morgan fingerprint density at radius 1 is 1.22 bits per heavy atom. The van der Waals surface area contributed by atoms with E-state index in [0.29, 0.717) is 50.0 Å². The van der Waals surface area contributed by atoms with Crippen LogP contribution in [0.25, 0.3) is 16.7 Å². The molecule has 1 saturated heterocycles.